The summed E-state index contributed by atoms with van der Waals surface area (Å²) in [5.41, 5.74) is 7.44. The van der Waals surface area contributed by atoms with E-state index in [1.807, 2.05) is 26.0 Å². The molecule has 20 heavy (non-hydrogen) atoms. The minimum absolute atomic E-state index is 0.0701. The molecule has 0 aliphatic heterocycles. The summed E-state index contributed by atoms with van der Waals surface area (Å²) < 4.78 is 0. The van der Waals surface area contributed by atoms with Crippen LogP contribution >= 0.6 is 12.2 Å². The Bertz CT molecular complexity index is 455. The number of hydrogen-bond acceptors (Lipinski definition) is 2. The Morgan fingerprint density at radius 3 is 2.20 bits per heavy atom. The first-order chi connectivity index (χ1) is 9.38. The Balaban J connectivity index is 2.40. The van der Waals surface area contributed by atoms with Crippen LogP contribution in [0, 0.1) is 5.92 Å². The first-order valence-electron chi connectivity index (χ1n) is 6.84. The SMILES string of the molecule is CC(C)CC(=O)NNC(=S)Nc1ccc(C(C)C)cc1. The standard InChI is InChI=1S/C15H23N3OS/c1-10(2)9-14(19)17-18-15(20)16-13-7-5-12(6-8-13)11(3)4/h5-8,10-11H,9H2,1-4H3,(H,17,19)(H2,16,18,20). The molecule has 0 aliphatic carbocycles. The molecular formula is C15H23N3OS. The van der Waals surface area contributed by atoms with Gasteiger partial charge in [0.25, 0.3) is 0 Å². The maximum atomic E-state index is 11.5. The van der Waals surface area contributed by atoms with Crippen molar-refractivity contribution in [1.82, 2.24) is 10.9 Å². The van der Waals surface area contributed by atoms with Crippen molar-refractivity contribution in [2.75, 3.05) is 5.32 Å². The van der Waals surface area contributed by atoms with E-state index in [0.29, 0.717) is 23.4 Å². The maximum Gasteiger partial charge on any atom is 0.238 e. The highest BCUT2D eigenvalue weighted by Gasteiger charge is 2.05. The molecule has 0 radical (unpaired) electrons. The van der Waals surface area contributed by atoms with Crippen LogP contribution in [0.25, 0.3) is 0 Å². The van der Waals surface area contributed by atoms with E-state index in [1.54, 1.807) is 0 Å². The number of carbonyl (C=O) groups excluding carboxylic acids is 1. The summed E-state index contributed by atoms with van der Waals surface area (Å²) in [4.78, 5) is 11.5. The Hall–Kier alpha value is -1.62. The molecule has 0 fully saturated rings. The van der Waals surface area contributed by atoms with Gasteiger partial charge in [-0.2, -0.15) is 0 Å². The van der Waals surface area contributed by atoms with Crippen molar-refractivity contribution in [2.24, 2.45) is 5.92 Å². The summed E-state index contributed by atoms with van der Waals surface area (Å²) in [7, 11) is 0. The number of amides is 1. The molecule has 0 atom stereocenters. The largest absolute Gasteiger partial charge is 0.331 e. The number of anilines is 1. The molecule has 0 unspecified atom stereocenters. The Morgan fingerprint density at radius 2 is 1.70 bits per heavy atom. The zero-order chi connectivity index (χ0) is 15.1. The summed E-state index contributed by atoms with van der Waals surface area (Å²) in [5, 5.41) is 3.40. The molecule has 0 spiro atoms. The molecule has 1 amide bonds. The van der Waals surface area contributed by atoms with E-state index in [2.05, 4.69) is 42.1 Å². The van der Waals surface area contributed by atoms with Crippen LogP contribution in [-0.4, -0.2) is 11.0 Å². The topological polar surface area (TPSA) is 53.2 Å². The predicted molar refractivity (Wildman–Crippen MR) is 87.5 cm³/mol. The van der Waals surface area contributed by atoms with E-state index < -0.39 is 0 Å². The number of nitrogens with one attached hydrogen (secondary N) is 3. The van der Waals surface area contributed by atoms with Gasteiger partial charge in [-0.15, -0.1) is 0 Å². The number of thiocarbonyl (C=S) groups is 1. The Labute approximate surface area is 126 Å². The third-order valence-electron chi connectivity index (χ3n) is 2.74. The fourth-order valence-corrected chi connectivity index (χ4v) is 1.83. The van der Waals surface area contributed by atoms with Gasteiger partial charge in [-0.1, -0.05) is 39.8 Å². The highest BCUT2D eigenvalue weighted by atomic mass is 32.1. The maximum absolute atomic E-state index is 11.5. The zero-order valence-electron chi connectivity index (χ0n) is 12.5. The summed E-state index contributed by atoms with van der Waals surface area (Å²) >= 11 is 5.12. The minimum atomic E-state index is -0.0701. The number of hydrogen-bond donors (Lipinski definition) is 3. The van der Waals surface area contributed by atoms with Crippen molar-refractivity contribution in [3.8, 4) is 0 Å². The van der Waals surface area contributed by atoms with E-state index in [9.17, 15) is 4.79 Å². The highest BCUT2D eigenvalue weighted by molar-refractivity contribution is 7.80. The van der Waals surface area contributed by atoms with Crippen LogP contribution in [-0.2, 0) is 4.79 Å². The Morgan fingerprint density at radius 1 is 1.10 bits per heavy atom. The fourth-order valence-electron chi connectivity index (χ4n) is 1.66. The van der Waals surface area contributed by atoms with Crippen molar-refractivity contribution in [1.29, 1.82) is 0 Å². The average Bonchev–Trinajstić information content (AvgIpc) is 2.36. The third kappa shape index (κ3) is 6.02. The fraction of sp³-hybridized carbons (Fsp3) is 0.467. The first-order valence-corrected chi connectivity index (χ1v) is 7.25. The lowest BCUT2D eigenvalue weighted by molar-refractivity contribution is -0.122. The monoisotopic (exact) mass is 293 g/mol. The zero-order valence-corrected chi connectivity index (χ0v) is 13.3. The van der Waals surface area contributed by atoms with Gasteiger partial charge in [-0.3, -0.25) is 15.6 Å². The molecule has 110 valence electrons. The molecule has 0 heterocycles. The summed E-state index contributed by atoms with van der Waals surface area (Å²) in [5.74, 6) is 0.755. The van der Waals surface area contributed by atoms with Crippen LogP contribution in [0.3, 0.4) is 0 Å². The second kappa shape index (κ2) is 7.85. The van der Waals surface area contributed by atoms with E-state index in [1.165, 1.54) is 5.56 Å². The van der Waals surface area contributed by atoms with Crippen molar-refractivity contribution < 1.29 is 4.79 Å². The van der Waals surface area contributed by atoms with E-state index in [-0.39, 0.29) is 5.91 Å². The minimum Gasteiger partial charge on any atom is -0.331 e. The molecule has 0 saturated heterocycles. The van der Waals surface area contributed by atoms with Crippen molar-refractivity contribution in [2.45, 2.75) is 40.0 Å². The van der Waals surface area contributed by atoms with Crippen molar-refractivity contribution >= 4 is 28.9 Å². The number of rotatable bonds is 4. The van der Waals surface area contributed by atoms with Crippen molar-refractivity contribution in [3.63, 3.8) is 0 Å². The molecule has 5 heteroatoms. The van der Waals surface area contributed by atoms with Gasteiger partial charge in [0.15, 0.2) is 5.11 Å². The Kier molecular flexibility index (Phi) is 6.45. The highest BCUT2D eigenvalue weighted by Crippen LogP contribution is 2.16. The summed E-state index contributed by atoms with van der Waals surface area (Å²) in [6.07, 6.45) is 0.471. The van der Waals surface area contributed by atoms with Crippen LogP contribution < -0.4 is 16.2 Å². The summed E-state index contributed by atoms with van der Waals surface area (Å²) in [6, 6.07) is 8.07. The third-order valence-corrected chi connectivity index (χ3v) is 2.95. The molecule has 3 N–H and O–H groups in total. The average molecular weight is 293 g/mol. The van der Waals surface area contributed by atoms with Gasteiger partial charge in [0.2, 0.25) is 5.91 Å². The lowest BCUT2D eigenvalue weighted by atomic mass is 10.0. The van der Waals surface area contributed by atoms with Gasteiger partial charge in [-0.25, -0.2) is 0 Å². The molecule has 0 bridgehead atoms. The van der Waals surface area contributed by atoms with E-state index in [0.717, 1.165) is 5.69 Å². The van der Waals surface area contributed by atoms with Gasteiger partial charge in [0, 0.05) is 12.1 Å². The van der Waals surface area contributed by atoms with Gasteiger partial charge >= 0.3 is 0 Å². The predicted octanol–water partition coefficient (Wildman–Crippen LogP) is 3.17. The molecule has 4 nitrogen and oxygen atoms in total. The second-order valence-electron chi connectivity index (χ2n) is 5.50. The first kappa shape index (κ1) is 16.4. The van der Waals surface area contributed by atoms with Crippen LogP contribution in [0.15, 0.2) is 24.3 Å². The molecule has 1 rings (SSSR count). The van der Waals surface area contributed by atoms with E-state index in [4.69, 9.17) is 12.2 Å². The van der Waals surface area contributed by atoms with Gasteiger partial charge in [0.05, 0.1) is 0 Å². The van der Waals surface area contributed by atoms with Crippen molar-refractivity contribution in [3.05, 3.63) is 29.8 Å². The van der Waals surface area contributed by atoms with Gasteiger partial charge < -0.3 is 5.32 Å². The molecule has 1 aromatic carbocycles. The van der Waals surface area contributed by atoms with Crippen LogP contribution in [0.1, 0.15) is 45.6 Å². The second-order valence-corrected chi connectivity index (χ2v) is 5.91. The molecule has 0 aliphatic rings. The number of hydrazine groups is 1. The smallest absolute Gasteiger partial charge is 0.238 e. The van der Waals surface area contributed by atoms with E-state index >= 15 is 0 Å². The molecule has 0 aromatic heterocycles. The van der Waals surface area contributed by atoms with Crippen LogP contribution in [0.2, 0.25) is 0 Å². The van der Waals surface area contributed by atoms with Crippen LogP contribution in [0.4, 0.5) is 5.69 Å². The molecule has 0 saturated carbocycles. The lowest BCUT2D eigenvalue weighted by Crippen LogP contribution is -2.44. The normalized spacial score (nSPS) is 10.5. The quantitative estimate of drug-likeness (QED) is 0.589. The summed E-state index contributed by atoms with van der Waals surface area (Å²) in [6.45, 7) is 8.29. The lowest BCUT2D eigenvalue weighted by Gasteiger charge is -2.13. The molecule has 1 aromatic rings. The van der Waals surface area contributed by atoms with Gasteiger partial charge in [-0.05, 0) is 41.7 Å². The van der Waals surface area contributed by atoms with Gasteiger partial charge in [0.1, 0.15) is 0 Å². The molecular weight excluding hydrogens is 270 g/mol. The number of benzene rings is 1. The van der Waals surface area contributed by atoms with Crippen LogP contribution in [0.5, 0.6) is 0 Å². The number of carbonyl (C=O) groups is 1.